The predicted octanol–water partition coefficient (Wildman–Crippen LogP) is 1.16. The Morgan fingerprint density at radius 3 is 3.00 bits per heavy atom. The largest absolute Gasteiger partial charge is 0.376 e. The first-order valence-electron chi connectivity index (χ1n) is 8.62. The van der Waals surface area contributed by atoms with Crippen LogP contribution in [0.1, 0.15) is 44.8 Å². The molecule has 7 heteroatoms. The maximum Gasteiger partial charge on any atom is 0.251 e. The van der Waals surface area contributed by atoms with Crippen LogP contribution in [-0.4, -0.2) is 57.5 Å². The molecule has 3 heterocycles. The van der Waals surface area contributed by atoms with E-state index in [-0.39, 0.29) is 12.0 Å². The third-order valence-corrected chi connectivity index (χ3v) is 4.61. The third kappa shape index (κ3) is 3.72. The number of amides is 1. The zero-order valence-corrected chi connectivity index (χ0v) is 14.0. The van der Waals surface area contributed by atoms with Crippen molar-refractivity contribution in [3.8, 4) is 0 Å². The van der Waals surface area contributed by atoms with Gasteiger partial charge in [-0.25, -0.2) is 0 Å². The van der Waals surface area contributed by atoms with Gasteiger partial charge in [-0.05, 0) is 26.2 Å². The van der Waals surface area contributed by atoms with Crippen LogP contribution in [0, 0.1) is 0 Å². The number of aromatic nitrogens is 3. The lowest BCUT2D eigenvalue weighted by atomic mass is 10.1. The highest BCUT2D eigenvalue weighted by Gasteiger charge is 2.28. The van der Waals surface area contributed by atoms with E-state index in [1.165, 1.54) is 6.42 Å². The number of nitrogens with zero attached hydrogens (tertiary/aromatic N) is 4. The molecule has 1 fully saturated rings. The van der Waals surface area contributed by atoms with E-state index >= 15 is 0 Å². The number of carbonyl (C=O) groups is 1. The second-order valence-electron chi connectivity index (χ2n) is 6.26. The van der Waals surface area contributed by atoms with Crippen LogP contribution in [0.5, 0.6) is 0 Å². The molecule has 1 amide bonds. The molecule has 0 spiro atoms. The summed E-state index contributed by atoms with van der Waals surface area (Å²) < 4.78 is 13.5. The van der Waals surface area contributed by atoms with Crippen LogP contribution in [0.3, 0.4) is 0 Å². The molecule has 1 aromatic heterocycles. The fourth-order valence-electron chi connectivity index (χ4n) is 3.19. The van der Waals surface area contributed by atoms with Crippen LogP contribution >= 0.6 is 0 Å². The smallest absolute Gasteiger partial charge is 0.251 e. The van der Waals surface area contributed by atoms with E-state index < -0.39 is 6.10 Å². The molecule has 0 saturated carbocycles. The Balaban J connectivity index is 1.51. The molecule has 7 nitrogen and oxygen atoms in total. The first-order chi connectivity index (χ1) is 11.2. The van der Waals surface area contributed by atoms with Crippen molar-refractivity contribution in [1.29, 1.82) is 0 Å². The molecule has 3 rings (SSSR count). The molecule has 128 valence electrons. The second-order valence-corrected chi connectivity index (χ2v) is 6.26. The molecule has 2 aliphatic heterocycles. The number of ether oxygens (including phenoxy) is 2. The molecule has 0 radical (unpaired) electrons. The summed E-state index contributed by atoms with van der Waals surface area (Å²) in [6, 6.07) is 0. The van der Waals surface area contributed by atoms with Crippen LogP contribution in [0.4, 0.5) is 0 Å². The fourth-order valence-corrected chi connectivity index (χ4v) is 3.19. The predicted molar refractivity (Wildman–Crippen MR) is 83.8 cm³/mol. The number of hydrogen-bond donors (Lipinski definition) is 0. The van der Waals surface area contributed by atoms with Crippen molar-refractivity contribution in [2.75, 3.05) is 19.8 Å². The average Bonchev–Trinajstić information content (AvgIpc) is 3.02. The lowest BCUT2D eigenvalue weighted by Gasteiger charge is -2.30. The summed E-state index contributed by atoms with van der Waals surface area (Å²) in [6.45, 7) is 7.15. The van der Waals surface area contributed by atoms with E-state index in [0.717, 1.165) is 44.1 Å². The van der Waals surface area contributed by atoms with E-state index in [1.54, 1.807) is 0 Å². The second kappa shape index (κ2) is 7.40. The quantitative estimate of drug-likeness (QED) is 0.813. The number of carbonyl (C=O) groups excluding carboxylic acids is 1. The molecule has 0 aromatic carbocycles. The number of hydrogen-bond acceptors (Lipinski definition) is 5. The van der Waals surface area contributed by atoms with Crippen LogP contribution < -0.4 is 0 Å². The van der Waals surface area contributed by atoms with Crippen molar-refractivity contribution in [3.05, 3.63) is 11.6 Å². The Bertz CT molecular complexity index is 539. The van der Waals surface area contributed by atoms with E-state index in [0.29, 0.717) is 19.7 Å². The van der Waals surface area contributed by atoms with Crippen molar-refractivity contribution >= 4 is 5.91 Å². The summed E-state index contributed by atoms with van der Waals surface area (Å²) in [4.78, 5) is 14.4. The summed E-state index contributed by atoms with van der Waals surface area (Å²) in [5.74, 6) is 1.88. The van der Waals surface area contributed by atoms with Gasteiger partial charge in [0.2, 0.25) is 0 Å². The van der Waals surface area contributed by atoms with Gasteiger partial charge in [0.25, 0.3) is 5.91 Å². The van der Waals surface area contributed by atoms with Gasteiger partial charge in [-0.2, -0.15) is 0 Å². The molecule has 0 aliphatic carbocycles. The van der Waals surface area contributed by atoms with Gasteiger partial charge in [0.05, 0.1) is 19.3 Å². The first-order valence-corrected chi connectivity index (χ1v) is 8.62. The zero-order valence-electron chi connectivity index (χ0n) is 14.0. The molecule has 2 unspecified atom stereocenters. The van der Waals surface area contributed by atoms with Crippen molar-refractivity contribution in [2.45, 2.75) is 64.8 Å². The van der Waals surface area contributed by atoms with E-state index in [4.69, 9.17) is 9.47 Å². The van der Waals surface area contributed by atoms with Gasteiger partial charge in [0, 0.05) is 26.1 Å². The van der Waals surface area contributed by atoms with E-state index in [1.807, 2.05) is 11.8 Å². The minimum absolute atomic E-state index is 0.0214. The van der Waals surface area contributed by atoms with Crippen molar-refractivity contribution < 1.29 is 14.3 Å². The highest BCUT2D eigenvalue weighted by atomic mass is 16.5. The average molecular weight is 322 g/mol. The Morgan fingerprint density at radius 2 is 2.26 bits per heavy atom. The molecule has 0 bridgehead atoms. The Labute approximate surface area is 137 Å². The summed E-state index contributed by atoms with van der Waals surface area (Å²) >= 11 is 0. The van der Waals surface area contributed by atoms with E-state index in [9.17, 15) is 4.79 Å². The monoisotopic (exact) mass is 322 g/mol. The highest BCUT2D eigenvalue weighted by Crippen LogP contribution is 2.16. The minimum atomic E-state index is -0.444. The molecule has 2 aliphatic rings. The Morgan fingerprint density at radius 1 is 1.39 bits per heavy atom. The first kappa shape index (κ1) is 16.4. The van der Waals surface area contributed by atoms with Crippen molar-refractivity contribution in [1.82, 2.24) is 19.7 Å². The van der Waals surface area contributed by atoms with Gasteiger partial charge < -0.3 is 18.9 Å². The number of aryl methyl sites for hydroxylation is 1. The van der Waals surface area contributed by atoms with Crippen molar-refractivity contribution in [3.63, 3.8) is 0 Å². The molecule has 23 heavy (non-hydrogen) atoms. The maximum atomic E-state index is 12.6. The van der Waals surface area contributed by atoms with E-state index in [2.05, 4.69) is 21.7 Å². The molecule has 1 aromatic rings. The van der Waals surface area contributed by atoms with Crippen LogP contribution in [0.15, 0.2) is 0 Å². The molecule has 0 N–H and O–H groups in total. The summed E-state index contributed by atoms with van der Waals surface area (Å²) in [5.41, 5.74) is 0. The standard InChI is InChI=1S/C16H26N4O3/c1-3-14-17-18-15-10-19(7-8-20(14)15)16(21)12(2)23-11-13-6-4-5-9-22-13/h12-13H,3-11H2,1-2H3. The lowest BCUT2D eigenvalue weighted by Crippen LogP contribution is -2.44. The van der Waals surface area contributed by atoms with Gasteiger partial charge in [-0.3, -0.25) is 4.79 Å². The summed E-state index contributed by atoms with van der Waals surface area (Å²) in [7, 11) is 0. The van der Waals surface area contributed by atoms with Crippen LogP contribution in [0.25, 0.3) is 0 Å². The van der Waals surface area contributed by atoms with Gasteiger partial charge in [0.15, 0.2) is 5.82 Å². The van der Waals surface area contributed by atoms with Gasteiger partial charge >= 0.3 is 0 Å². The minimum Gasteiger partial charge on any atom is -0.376 e. The molecular formula is C16H26N4O3. The molecule has 2 atom stereocenters. The van der Waals surface area contributed by atoms with Crippen LogP contribution in [-0.2, 0) is 33.8 Å². The lowest BCUT2D eigenvalue weighted by molar-refractivity contribution is -0.147. The number of fused-ring (bicyclic) bond motifs is 1. The van der Waals surface area contributed by atoms with Gasteiger partial charge in [-0.1, -0.05) is 6.92 Å². The SMILES string of the molecule is CCc1nnc2n1CCN(C(=O)C(C)OCC1CCCCO1)C2. The third-order valence-electron chi connectivity index (χ3n) is 4.61. The van der Waals surface area contributed by atoms with Gasteiger partial charge in [0.1, 0.15) is 11.9 Å². The zero-order chi connectivity index (χ0) is 16.2. The fraction of sp³-hybridized carbons (Fsp3) is 0.812. The normalized spacial score (nSPS) is 22.7. The summed E-state index contributed by atoms with van der Waals surface area (Å²) in [5, 5.41) is 8.38. The van der Waals surface area contributed by atoms with Crippen molar-refractivity contribution in [2.24, 2.45) is 0 Å². The highest BCUT2D eigenvalue weighted by molar-refractivity contribution is 5.80. The summed E-state index contributed by atoms with van der Waals surface area (Å²) in [6.07, 6.45) is 3.88. The molecule has 1 saturated heterocycles. The number of rotatable bonds is 5. The Kier molecular flexibility index (Phi) is 5.27. The topological polar surface area (TPSA) is 69.5 Å². The Hall–Kier alpha value is -1.47. The maximum absolute atomic E-state index is 12.6. The van der Waals surface area contributed by atoms with Crippen LogP contribution in [0.2, 0.25) is 0 Å². The molecular weight excluding hydrogens is 296 g/mol. The van der Waals surface area contributed by atoms with Gasteiger partial charge in [-0.15, -0.1) is 10.2 Å².